The molecular weight excluding hydrogens is 128 g/mol. The van der Waals surface area contributed by atoms with Gasteiger partial charge in [-0.2, -0.15) is 0 Å². The maximum absolute atomic E-state index is 10.9. The lowest BCUT2D eigenvalue weighted by molar-refractivity contribution is -0.115. The molecule has 10 heavy (non-hydrogen) atoms. The summed E-state index contributed by atoms with van der Waals surface area (Å²) in [7, 11) is 0. The monoisotopic (exact) mass is 138 g/mol. The molecule has 0 spiro atoms. The molecule has 2 heteroatoms. The molecule has 1 rings (SSSR count). The van der Waals surface area contributed by atoms with E-state index < -0.39 is 0 Å². The van der Waals surface area contributed by atoms with Crippen LogP contribution in [0.4, 0.5) is 0 Å². The van der Waals surface area contributed by atoms with E-state index >= 15 is 0 Å². The first kappa shape index (κ1) is 7.06. The van der Waals surface area contributed by atoms with Gasteiger partial charge in [-0.05, 0) is 19.4 Å². The normalized spacial score (nSPS) is 23.1. The highest BCUT2D eigenvalue weighted by molar-refractivity contribution is 5.99. The Morgan fingerprint density at radius 3 is 2.80 bits per heavy atom. The number of hydrogen-bond acceptors (Lipinski definition) is 2. The van der Waals surface area contributed by atoms with E-state index in [9.17, 15) is 4.79 Å². The molecule has 0 saturated carbocycles. The van der Waals surface area contributed by atoms with Crippen LogP contribution >= 0.6 is 0 Å². The summed E-state index contributed by atoms with van der Waals surface area (Å²) in [6.07, 6.45) is 3.97. The highest BCUT2D eigenvalue weighted by Crippen LogP contribution is 2.17. The number of rotatable bonds is 0. The van der Waals surface area contributed by atoms with Crippen molar-refractivity contribution in [3.63, 3.8) is 0 Å². The standard InChI is InChI=1S/C8H10O2/c1-6-2-3-8(10)7(4-6)5-9/h4-5,9H,2-3H2,1H3/b7-5+. The molecule has 0 radical (unpaired) electrons. The van der Waals surface area contributed by atoms with Crippen molar-refractivity contribution in [3.8, 4) is 0 Å². The zero-order valence-corrected chi connectivity index (χ0v) is 5.92. The van der Waals surface area contributed by atoms with E-state index in [0.717, 1.165) is 18.3 Å². The van der Waals surface area contributed by atoms with Gasteiger partial charge in [0.25, 0.3) is 0 Å². The first-order valence-corrected chi connectivity index (χ1v) is 3.29. The Labute approximate surface area is 59.9 Å². The summed E-state index contributed by atoms with van der Waals surface area (Å²) in [5.74, 6) is 0.0353. The van der Waals surface area contributed by atoms with Crippen molar-refractivity contribution in [2.24, 2.45) is 0 Å². The van der Waals surface area contributed by atoms with Gasteiger partial charge in [-0.3, -0.25) is 4.79 Å². The lowest BCUT2D eigenvalue weighted by atomic mass is 9.96. The second-order valence-electron chi connectivity index (χ2n) is 2.50. The van der Waals surface area contributed by atoms with Crippen LogP contribution < -0.4 is 0 Å². The SMILES string of the molecule is CC1=C/C(=C\O)C(=O)CC1. The fourth-order valence-electron chi connectivity index (χ4n) is 0.982. The molecule has 0 aliphatic heterocycles. The van der Waals surface area contributed by atoms with Crippen LogP contribution in [0.25, 0.3) is 0 Å². The third-order valence-electron chi connectivity index (χ3n) is 1.61. The minimum absolute atomic E-state index is 0.0353. The van der Waals surface area contributed by atoms with E-state index in [1.54, 1.807) is 6.08 Å². The third kappa shape index (κ3) is 1.26. The van der Waals surface area contributed by atoms with Gasteiger partial charge in [-0.15, -0.1) is 0 Å². The number of carbonyl (C=O) groups excluding carboxylic acids is 1. The number of carbonyl (C=O) groups is 1. The maximum Gasteiger partial charge on any atom is 0.166 e. The number of aliphatic hydroxyl groups excluding tert-OH is 1. The van der Waals surface area contributed by atoms with Gasteiger partial charge >= 0.3 is 0 Å². The predicted octanol–water partition coefficient (Wildman–Crippen LogP) is 1.74. The van der Waals surface area contributed by atoms with Gasteiger partial charge < -0.3 is 5.11 Å². The van der Waals surface area contributed by atoms with Gasteiger partial charge in [-0.1, -0.05) is 5.57 Å². The molecule has 0 aromatic carbocycles. The molecule has 0 amide bonds. The summed E-state index contributed by atoms with van der Waals surface area (Å²) in [5.41, 5.74) is 1.59. The molecule has 1 aliphatic carbocycles. The van der Waals surface area contributed by atoms with Crippen LogP contribution in [0.2, 0.25) is 0 Å². The van der Waals surface area contributed by atoms with Crippen molar-refractivity contribution in [1.29, 1.82) is 0 Å². The van der Waals surface area contributed by atoms with Crippen molar-refractivity contribution in [2.75, 3.05) is 0 Å². The molecule has 0 aromatic heterocycles. The van der Waals surface area contributed by atoms with Crippen molar-refractivity contribution >= 4 is 5.78 Å². The molecule has 1 aliphatic rings. The Bertz CT molecular complexity index is 211. The maximum atomic E-state index is 10.9. The fraction of sp³-hybridized carbons (Fsp3) is 0.375. The van der Waals surface area contributed by atoms with E-state index in [2.05, 4.69) is 0 Å². The van der Waals surface area contributed by atoms with Crippen molar-refractivity contribution in [3.05, 3.63) is 23.5 Å². The minimum atomic E-state index is 0.0353. The molecule has 0 heterocycles. The average Bonchev–Trinajstić information content (AvgIpc) is 1.94. The van der Waals surface area contributed by atoms with Crippen LogP contribution in [0, 0.1) is 0 Å². The Hall–Kier alpha value is -1.05. The molecule has 2 nitrogen and oxygen atoms in total. The Balaban J connectivity index is 2.89. The van der Waals surface area contributed by atoms with Crippen molar-refractivity contribution < 1.29 is 9.90 Å². The van der Waals surface area contributed by atoms with E-state index in [1.165, 1.54) is 0 Å². The fourth-order valence-corrected chi connectivity index (χ4v) is 0.982. The summed E-state index contributed by atoms with van der Waals surface area (Å²) in [4.78, 5) is 10.9. The lowest BCUT2D eigenvalue weighted by Crippen LogP contribution is -2.06. The predicted molar refractivity (Wildman–Crippen MR) is 38.7 cm³/mol. The van der Waals surface area contributed by atoms with Crippen LogP contribution in [0.15, 0.2) is 23.5 Å². The summed E-state index contributed by atoms with van der Waals surface area (Å²) < 4.78 is 0. The molecule has 0 bridgehead atoms. The summed E-state index contributed by atoms with van der Waals surface area (Å²) in [6, 6.07) is 0. The van der Waals surface area contributed by atoms with Gasteiger partial charge in [0, 0.05) is 6.42 Å². The summed E-state index contributed by atoms with van der Waals surface area (Å²) in [5, 5.41) is 8.55. The zero-order valence-electron chi connectivity index (χ0n) is 5.92. The highest BCUT2D eigenvalue weighted by Gasteiger charge is 2.12. The van der Waals surface area contributed by atoms with Gasteiger partial charge in [0.1, 0.15) is 0 Å². The number of Topliss-reactive ketones (excluding diaryl/α,β-unsaturated/α-hetero) is 1. The zero-order chi connectivity index (χ0) is 7.56. The minimum Gasteiger partial charge on any atom is -0.515 e. The third-order valence-corrected chi connectivity index (χ3v) is 1.61. The second-order valence-corrected chi connectivity index (χ2v) is 2.50. The molecule has 0 aromatic rings. The summed E-state index contributed by atoms with van der Waals surface area (Å²) in [6.45, 7) is 1.95. The second kappa shape index (κ2) is 2.69. The van der Waals surface area contributed by atoms with Crippen LogP contribution in [-0.2, 0) is 4.79 Å². The number of allylic oxidation sites excluding steroid dienone is 3. The van der Waals surface area contributed by atoms with Crippen LogP contribution in [0.5, 0.6) is 0 Å². The van der Waals surface area contributed by atoms with Crippen molar-refractivity contribution in [2.45, 2.75) is 19.8 Å². The van der Waals surface area contributed by atoms with E-state index in [-0.39, 0.29) is 5.78 Å². The van der Waals surface area contributed by atoms with Crippen LogP contribution in [-0.4, -0.2) is 10.9 Å². The molecule has 0 unspecified atom stereocenters. The van der Waals surface area contributed by atoms with Crippen LogP contribution in [0.1, 0.15) is 19.8 Å². The molecule has 0 saturated heterocycles. The highest BCUT2D eigenvalue weighted by atomic mass is 16.2. The molecule has 0 fully saturated rings. The quantitative estimate of drug-likeness (QED) is 0.409. The van der Waals surface area contributed by atoms with Gasteiger partial charge in [0.15, 0.2) is 5.78 Å². The van der Waals surface area contributed by atoms with Crippen LogP contribution in [0.3, 0.4) is 0 Å². The van der Waals surface area contributed by atoms with E-state index in [4.69, 9.17) is 5.11 Å². The molecule has 1 N–H and O–H groups in total. The average molecular weight is 138 g/mol. The topological polar surface area (TPSA) is 37.3 Å². The largest absolute Gasteiger partial charge is 0.515 e. The first-order valence-electron chi connectivity index (χ1n) is 3.29. The Kier molecular flexibility index (Phi) is 1.90. The Morgan fingerprint density at radius 2 is 2.30 bits per heavy atom. The number of aliphatic hydroxyl groups is 1. The molecule has 54 valence electrons. The number of ketones is 1. The smallest absolute Gasteiger partial charge is 0.166 e. The molecular formula is C8H10O2. The lowest BCUT2D eigenvalue weighted by Gasteiger charge is -2.08. The van der Waals surface area contributed by atoms with Crippen molar-refractivity contribution in [1.82, 2.24) is 0 Å². The summed E-state index contributed by atoms with van der Waals surface area (Å²) >= 11 is 0. The Morgan fingerprint density at radius 1 is 1.60 bits per heavy atom. The van der Waals surface area contributed by atoms with E-state index in [1.807, 2.05) is 6.92 Å². The first-order chi connectivity index (χ1) is 4.74. The van der Waals surface area contributed by atoms with E-state index in [0.29, 0.717) is 12.0 Å². The van der Waals surface area contributed by atoms with Gasteiger partial charge in [0.05, 0.1) is 11.8 Å². The van der Waals surface area contributed by atoms with Gasteiger partial charge in [0.2, 0.25) is 0 Å². The molecule has 0 atom stereocenters. The van der Waals surface area contributed by atoms with Gasteiger partial charge in [-0.25, -0.2) is 0 Å². The number of hydrogen-bond donors (Lipinski definition) is 1.